The van der Waals surface area contributed by atoms with Crippen LogP contribution in [-0.2, 0) is 12.2 Å². The van der Waals surface area contributed by atoms with Gasteiger partial charge in [-0.3, -0.25) is 20.1 Å². The number of amides is 1. The summed E-state index contributed by atoms with van der Waals surface area (Å²) < 4.78 is 16.9. The standard InChI is InChI=1S/C23H20FN5OS/c24-23(20-5-1-2-8-26-20)12-17(13-23)18-15-31-22(27-18)28-21(30)19-4-3-11-29(19)14-16-6-9-25-10-7-16/h1-11,15,17H,12-14H2,(H,27,28,30)/t17-,23+. The predicted molar refractivity (Wildman–Crippen MR) is 117 cm³/mol. The van der Waals surface area contributed by atoms with Crippen LogP contribution in [0.1, 0.15) is 46.2 Å². The van der Waals surface area contributed by atoms with Crippen molar-refractivity contribution in [2.24, 2.45) is 0 Å². The Balaban J connectivity index is 1.23. The van der Waals surface area contributed by atoms with E-state index >= 15 is 4.39 Å². The largest absolute Gasteiger partial charge is 0.339 e. The van der Waals surface area contributed by atoms with Crippen LogP contribution in [0.2, 0.25) is 0 Å². The van der Waals surface area contributed by atoms with Crippen molar-refractivity contribution in [3.05, 3.63) is 95.3 Å². The highest BCUT2D eigenvalue weighted by Gasteiger charge is 2.48. The van der Waals surface area contributed by atoms with Gasteiger partial charge in [0.2, 0.25) is 0 Å². The molecule has 0 aliphatic heterocycles. The molecule has 5 rings (SSSR count). The van der Waals surface area contributed by atoms with Gasteiger partial charge in [0.25, 0.3) is 5.91 Å². The normalized spacial score (nSPS) is 20.2. The third-order valence-electron chi connectivity index (χ3n) is 5.59. The topological polar surface area (TPSA) is 72.7 Å². The van der Waals surface area contributed by atoms with E-state index in [9.17, 15) is 4.79 Å². The van der Waals surface area contributed by atoms with E-state index in [0.29, 0.717) is 35.9 Å². The molecule has 0 atom stereocenters. The number of hydrogen-bond donors (Lipinski definition) is 1. The van der Waals surface area contributed by atoms with E-state index < -0.39 is 5.67 Å². The van der Waals surface area contributed by atoms with E-state index in [0.717, 1.165) is 11.3 Å². The average Bonchev–Trinajstić information content (AvgIpc) is 3.42. The summed E-state index contributed by atoms with van der Waals surface area (Å²) in [6, 6.07) is 12.8. The second kappa shape index (κ2) is 8.03. The molecule has 0 spiro atoms. The third kappa shape index (κ3) is 3.98. The molecule has 4 heterocycles. The molecule has 0 radical (unpaired) electrons. The second-order valence-electron chi connectivity index (χ2n) is 7.69. The quantitative estimate of drug-likeness (QED) is 0.475. The van der Waals surface area contributed by atoms with Gasteiger partial charge in [-0.2, -0.15) is 0 Å². The second-order valence-corrected chi connectivity index (χ2v) is 8.55. The van der Waals surface area contributed by atoms with E-state index in [1.54, 1.807) is 42.9 Å². The zero-order valence-corrected chi connectivity index (χ0v) is 17.4. The molecule has 0 bridgehead atoms. The summed E-state index contributed by atoms with van der Waals surface area (Å²) in [6.07, 6.45) is 7.67. The van der Waals surface area contributed by atoms with Crippen molar-refractivity contribution in [3.8, 4) is 0 Å². The van der Waals surface area contributed by atoms with E-state index in [-0.39, 0.29) is 11.8 Å². The molecule has 8 heteroatoms. The number of aromatic nitrogens is 4. The van der Waals surface area contributed by atoms with Crippen LogP contribution in [0.5, 0.6) is 0 Å². The number of thiazole rings is 1. The van der Waals surface area contributed by atoms with Crippen molar-refractivity contribution in [1.82, 2.24) is 19.5 Å². The Labute approximate surface area is 182 Å². The minimum atomic E-state index is -1.40. The molecular weight excluding hydrogens is 413 g/mol. The zero-order valence-electron chi connectivity index (χ0n) is 16.6. The summed E-state index contributed by atoms with van der Waals surface area (Å²) in [5.74, 6) is -0.189. The molecule has 6 nitrogen and oxygen atoms in total. The minimum absolute atomic E-state index is 0.0319. The fourth-order valence-electron chi connectivity index (χ4n) is 3.90. The monoisotopic (exact) mass is 433 g/mol. The lowest BCUT2D eigenvalue weighted by Gasteiger charge is -2.40. The number of carbonyl (C=O) groups is 1. The Kier molecular flexibility index (Phi) is 5.07. The number of nitrogens with one attached hydrogen (secondary N) is 1. The molecule has 0 unspecified atom stereocenters. The molecule has 0 aromatic carbocycles. The minimum Gasteiger partial charge on any atom is -0.339 e. The molecule has 1 aliphatic carbocycles. The Morgan fingerprint density at radius 3 is 2.77 bits per heavy atom. The van der Waals surface area contributed by atoms with Gasteiger partial charge < -0.3 is 4.57 Å². The number of anilines is 1. The predicted octanol–water partition coefficient (Wildman–Crippen LogP) is 4.78. The molecule has 1 aliphatic rings. The van der Waals surface area contributed by atoms with Crippen molar-refractivity contribution in [2.75, 3.05) is 5.32 Å². The van der Waals surface area contributed by atoms with Crippen LogP contribution in [-0.4, -0.2) is 25.4 Å². The van der Waals surface area contributed by atoms with Crippen molar-refractivity contribution in [2.45, 2.75) is 31.0 Å². The van der Waals surface area contributed by atoms with Gasteiger partial charge in [0, 0.05) is 42.6 Å². The van der Waals surface area contributed by atoms with Crippen LogP contribution in [0.4, 0.5) is 9.52 Å². The maximum Gasteiger partial charge on any atom is 0.274 e. The maximum atomic E-state index is 15.0. The summed E-state index contributed by atoms with van der Waals surface area (Å²) in [5.41, 5.74) is 1.51. The maximum absolute atomic E-state index is 15.0. The first-order valence-corrected chi connectivity index (χ1v) is 10.9. The summed E-state index contributed by atoms with van der Waals surface area (Å²) in [6.45, 7) is 0.579. The first-order valence-electron chi connectivity index (χ1n) is 10.0. The van der Waals surface area contributed by atoms with Gasteiger partial charge in [0.05, 0.1) is 11.4 Å². The summed E-state index contributed by atoms with van der Waals surface area (Å²) in [7, 11) is 0. The van der Waals surface area contributed by atoms with Crippen LogP contribution in [0.15, 0.2) is 72.6 Å². The number of rotatable bonds is 6. The van der Waals surface area contributed by atoms with E-state index in [4.69, 9.17) is 0 Å². The van der Waals surface area contributed by atoms with Crippen LogP contribution >= 0.6 is 11.3 Å². The van der Waals surface area contributed by atoms with Gasteiger partial charge >= 0.3 is 0 Å². The fraction of sp³-hybridized carbons (Fsp3) is 0.217. The Morgan fingerprint density at radius 1 is 1.16 bits per heavy atom. The van der Waals surface area contributed by atoms with E-state index in [1.165, 1.54) is 11.3 Å². The fourth-order valence-corrected chi connectivity index (χ4v) is 4.69. The lowest BCUT2D eigenvalue weighted by Crippen LogP contribution is -2.36. The lowest BCUT2D eigenvalue weighted by atomic mass is 9.69. The highest BCUT2D eigenvalue weighted by atomic mass is 32.1. The van der Waals surface area contributed by atoms with Gasteiger partial charge in [-0.15, -0.1) is 11.3 Å². The van der Waals surface area contributed by atoms with E-state index in [2.05, 4.69) is 20.3 Å². The smallest absolute Gasteiger partial charge is 0.274 e. The van der Waals surface area contributed by atoms with Crippen LogP contribution in [0.3, 0.4) is 0 Å². The summed E-state index contributed by atoms with van der Waals surface area (Å²) >= 11 is 1.36. The molecule has 4 aromatic rings. The van der Waals surface area contributed by atoms with Crippen molar-refractivity contribution in [3.63, 3.8) is 0 Å². The first kappa shape index (κ1) is 19.6. The number of carbonyl (C=O) groups excluding carboxylic acids is 1. The number of hydrogen-bond acceptors (Lipinski definition) is 5. The Morgan fingerprint density at radius 2 is 2.00 bits per heavy atom. The van der Waals surface area contributed by atoms with Gasteiger partial charge in [-0.05, 0) is 54.8 Å². The van der Waals surface area contributed by atoms with Crippen molar-refractivity contribution < 1.29 is 9.18 Å². The average molecular weight is 434 g/mol. The SMILES string of the molecule is O=C(Nc1nc([C@H]2C[C@](F)(c3ccccn3)C2)cs1)c1cccn1Cc1ccncc1. The molecule has 1 fully saturated rings. The third-order valence-corrected chi connectivity index (χ3v) is 6.36. The highest BCUT2D eigenvalue weighted by molar-refractivity contribution is 7.14. The van der Waals surface area contributed by atoms with Crippen molar-refractivity contribution in [1.29, 1.82) is 0 Å². The molecule has 0 saturated heterocycles. The molecule has 1 N–H and O–H groups in total. The van der Waals surface area contributed by atoms with Gasteiger partial charge in [-0.25, -0.2) is 9.37 Å². The van der Waals surface area contributed by atoms with Crippen LogP contribution in [0.25, 0.3) is 0 Å². The van der Waals surface area contributed by atoms with Crippen LogP contribution < -0.4 is 5.32 Å². The number of nitrogens with zero attached hydrogens (tertiary/aromatic N) is 4. The zero-order chi connectivity index (χ0) is 21.3. The van der Waals surface area contributed by atoms with Gasteiger partial charge in [0.15, 0.2) is 10.8 Å². The number of alkyl halides is 1. The summed E-state index contributed by atoms with van der Waals surface area (Å²) in [5, 5.41) is 5.29. The van der Waals surface area contributed by atoms with Gasteiger partial charge in [0.1, 0.15) is 5.69 Å². The molecular formula is C23H20FN5OS. The molecule has 31 heavy (non-hydrogen) atoms. The lowest BCUT2D eigenvalue weighted by molar-refractivity contribution is 0.0318. The number of pyridine rings is 2. The van der Waals surface area contributed by atoms with Gasteiger partial charge in [-0.1, -0.05) is 6.07 Å². The number of halogens is 1. The summed E-state index contributed by atoms with van der Waals surface area (Å²) in [4.78, 5) is 25.5. The molecule has 1 saturated carbocycles. The Hall–Kier alpha value is -3.39. The highest BCUT2D eigenvalue weighted by Crippen LogP contribution is 2.53. The molecule has 1 amide bonds. The Bertz CT molecular complexity index is 1180. The molecule has 156 valence electrons. The first-order chi connectivity index (χ1) is 15.1. The van der Waals surface area contributed by atoms with Crippen LogP contribution in [0, 0.1) is 0 Å². The van der Waals surface area contributed by atoms with Crippen molar-refractivity contribution >= 4 is 22.4 Å². The molecule has 4 aromatic heterocycles. The van der Waals surface area contributed by atoms with E-state index in [1.807, 2.05) is 34.3 Å².